The number of likely N-dealkylation sites (tertiary alicyclic amines) is 1. The second kappa shape index (κ2) is 7.49. The van der Waals surface area contributed by atoms with Crippen LogP contribution in [0.3, 0.4) is 0 Å². The van der Waals surface area contributed by atoms with Gasteiger partial charge in [0.2, 0.25) is 11.8 Å². The van der Waals surface area contributed by atoms with Crippen LogP contribution in [0.4, 0.5) is 5.82 Å². The molecule has 2 aliphatic rings. The van der Waals surface area contributed by atoms with Crippen LogP contribution in [0.2, 0.25) is 5.02 Å². The summed E-state index contributed by atoms with van der Waals surface area (Å²) in [5.41, 5.74) is 0. The summed E-state index contributed by atoms with van der Waals surface area (Å²) in [7, 11) is 0. The molecule has 1 aromatic heterocycles. The molecule has 2 heterocycles. The molecule has 3 rings (SSSR count). The van der Waals surface area contributed by atoms with Gasteiger partial charge in [-0.25, -0.2) is 4.98 Å². The summed E-state index contributed by atoms with van der Waals surface area (Å²) in [6.45, 7) is 3.36. The molecule has 6 nitrogen and oxygen atoms in total. The number of halogens is 1. The van der Waals surface area contributed by atoms with Gasteiger partial charge in [-0.1, -0.05) is 11.6 Å². The third-order valence-electron chi connectivity index (χ3n) is 4.65. The molecule has 130 valence electrons. The molecule has 1 aromatic rings. The number of rotatable bonds is 5. The van der Waals surface area contributed by atoms with Crippen molar-refractivity contribution >= 4 is 29.2 Å². The van der Waals surface area contributed by atoms with Crippen LogP contribution in [-0.2, 0) is 9.59 Å². The van der Waals surface area contributed by atoms with Crippen molar-refractivity contribution in [2.45, 2.75) is 44.7 Å². The predicted molar refractivity (Wildman–Crippen MR) is 92.8 cm³/mol. The Balaban J connectivity index is 1.54. The second-order valence-electron chi connectivity index (χ2n) is 6.64. The normalized spacial score (nSPS) is 22.7. The maximum Gasteiger partial charge on any atom is 0.237 e. The lowest BCUT2D eigenvalue weighted by atomic mass is 9.96. The highest BCUT2D eigenvalue weighted by atomic mass is 35.5. The number of carbonyl (C=O) groups excluding carboxylic acids is 2. The van der Waals surface area contributed by atoms with Crippen LogP contribution in [-0.4, -0.2) is 46.9 Å². The van der Waals surface area contributed by atoms with E-state index < -0.39 is 0 Å². The number of pyridine rings is 1. The fraction of sp³-hybridized carbons (Fsp3) is 0.588. The Morgan fingerprint density at radius 2 is 2.12 bits per heavy atom. The average Bonchev–Trinajstić information content (AvgIpc) is 3.40. The fourth-order valence-corrected chi connectivity index (χ4v) is 3.08. The minimum Gasteiger partial charge on any atom is -0.352 e. The lowest BCUT2D eigenvalue weighted by Crippen LogP contribution is -2.51. The summed E-state index contributed by atoms with van der Waals surface area (Å²) in [5.74, 6) is 0.385. The van der Waals surface area contributed by atoms with Gasteiger partial charge in [0.05, 0.1) is 17.0 Å². The Morgan fingerprint density at radius 3 is 2.79 bits per heavy atom. The van der Waals surface area contributed by atoms with E-state index >= 15 is 0 Å². The van der Waals surface area contributed by atoms with Gasteiger partial charge >= 0.3 is 0 Å². The molecule has 1 saturated carbocycles. The van der Waals surface area contributed by atoms with E-state index in [1.165, 1.54) is 6.20 Å². The van der Waals surface area contributed by atoms with Crippen molar-refractivity contribution < 1.29 is 9.59 Å². The minimum absolute atomic E-state index is 0.0516. The van der Waals surface area contributed by atoms with Crippen LogP contribution >= 0.6 is 11.6 Å². The van der Waals surface area contributed by atoms with Gasteiger partial charge in [0, 0.05) is 18.8 Å². The van der Waals surface area contributed by atoms with E-state index in [2.05, 4.69) is 20.5 Å². The van der Waals surface area contributed by atoms with Crippen molar-refractivity contribution in [3.63, 3.8) is 0 Å². The molecule has 1 aliphatic heterocycles. The summed E-state index contributed by atoms with van der Waals surface area (Å²) in [6, 6.07) is 3.54. The molecule has 2 N–H and O–H groups in total. The van der Waals surface area contributed by atoms with Crippen molar-refractivity contribution in [1.82, 2.24) is 15.2 Å². The standard InChI is InChI=1S/C17H23ClN4O2/c1-11(16(23)20-14-5-6-14)22-8-2-3-12(10-22)17(24)21-15-7-4-13(18)9-19-15/h4,7,9,11-12,14H,2-3,5-6,8,10H2,1H3,(H,20,23)(H,19,21,24)/t11-,12+/m0/s1. The smallest absolute Gasteiger partial charge is 0.237 e. The lowest BCUT2D eigenvalue weighted by molar-refractivity contribution is -0.129. The summed E-state index contributed by atoms with van der Waals surface area (Å²) in [4.78, 5) is 30.9. The Morgan fingerprint density at radius 1 is 1.33 bits per heavy atom. The molecule has 2 atom stereocenters. The topological polar surface area (TPSA) is 74.3 Å². The van der Waals surface area contributed by atoms with Gasteiger partial charge in [-0.15, -0.1) is 0 Å². The number of aromatic nitrogens is 1. The molecular weight excluding hydrogens is 328 g/mol. The summed E-state index contributed by atoms with van der Waals surface area (Å²) >= 11 is 5.80. The number of amides is 2. The van der Waals surface area contributed by atoms with Crippen molar-refractivity contribution in [2.75, 3.05) is 18.4 Å². The number of carbonyl (C=O) groups is 2. The predicted octanol–water partition coefficient (Wildman–Crippen LogP) is 2.05. The van der Waals surface area contributed by atoms with E-state index in [1.807, 2.05) is 6.92 Å². The van der Waals surface area contributed by atoms with Gasteiger partial charge < -0.3 is 10.6 Å². The van der Waals surface area contributed by atoms with Gasteiger partial charge in [0.15, 0.2) is 0 Å². The van der Waals surface area contributed by atoms with E-state index in [0.717, 1.165) is 32.2 Å². The van der Waals surface area contributed by atoms with Crippen molar-refractivity contribution in [1.29, 1.82) is 0 Å². The molecule has 0 bridgehead atoms. The van der Waals surface area contributed by atoms with Gasteiger partial charge in [-0.2, -0.15) is 0 Å². The monoisotopic (exact) mass is 350 g/mol. The van der Waals surface area contributed by atoms with Crippen LogP contribution in [0.1, 0.15) is 32.6 Å². The van der Waals surface area contributed by atoms with E-state index in [0.29, 0.717) is 23.4 Å². The third-order valence-corrected chi connectivity index (χ3v) is 4.88. The van der Waals surface area contributed by atoms with Crippen molar-refractivity contribution in [2.24, 2.45) is 5.92 Å². The average molecular weight is 351 g/mol. The summed E-state index contributed by atoms with van der Waals surface area (Å²) in [5, 5.41) is 6.40. The molecule has 24 heavy (non-hydrogen) atoms. The molecule has 1 aliphatic carbocycles. The Labute approximate surface area is 147 Å². The first-order valence-corrected chi connectivity index (χ1v) is 8.87. The van der Waals surface area contributed by atoms with Gasteiger partial charge in [-0.05, 0) is 51.3 Å². The Bertz CT molecular complexity index is 603. The zero-order valence-electron chi connectivity index (χ0n) is 13.8. The van der Waals surface area contributed by atoms with Crippen LogP contribution in [0.5, 0.6) is 0 Å². The maximum atomic E-state index is 12.5. The van der Waals surface area contributed by atoms with Gasteiger partial charge in [0.1, 0.15) is 5.82 Å². The Kier molecular flexibility index (Phi) is 5.36. The number of piperidine rings is 1. The lowest BCUT2D eigenvalue weighted by Gasteiger charge is -2.35. The SMILES string of the molecule is C[C@@H](C(=O)NC1CC1)N1CCC[C@@H](C(=O)Nc2ccc(Cl)cn2)C1. The molecule has 0 aromatic carbocycles. The van der Waals surface area contributed by atoms with Crippen molar-refractivity contribution in [3.8, 4) is 0 Å². The number of nitrogens with zero attached hydrogens (tertiary/aromatic N) is 2. The molecule has 2 amide bonds. The number of anilines is 1. The fourth-order valence-electron chi connectivity index (χ4n) is 2.97. The molecular formula is C17H23ClN4O2. The molecule has 1 saturated heterocycles. The summed E-state index contributed by atoms with van der Waals surface area (Å²) in [6.07, 6.45) is 5.41. The third kappa shape index (κ3) is 4.45. The highest BCUT2D eigenvalue weighted by molar-refractivity contribution is 6.30. The van der Waals surface area contributed by atoms with Crippen LogP contribution < -0.4 is 10.6 Å². The molecule has 0 unspecified atom stereocenters. The first kappa shape index (κ1) is 17.2. The first-order valence-electron chi connectivity index (χ1n) is 8.50. The van der Waals surface area contributed by atoms with Crippen LogP contribution in [0, 0.1) is 5.92 Å². The largest absolute Gasteiger partial charge is 0.352 e. The second-order valence-corrected chi connectivity index (χ2v) is 7.08. The van der Waals surface area contributed by atoms with Crippen molar-refractivity contribution in [3.05, 3.63) is 23.4 Å². The highest BCUT2D eigenvalue weighted by Crippen LogP contribution is 2.22. The summed E-state index contributed by atoms with van der Waals surface area (Å²) < 4.78 is 0. The quantitative estimate of drug-likeness (QED) is 0.852. The molecule has 0 radical (unpaired) electrons. The molecule has 2 fully saturated rings. The number of nitrogens with one attached hydrogen (secondary N) is 2. The van der Waals surface area contributed by atoms with Gasteiger partial charge in [0.25, 0.3) is 0 Å². The molecule has 0 spiro atoms. The maximum absolute atomic E-state index is 12.5. The van der Waals surface area contributed by atoms with E-state index in [9.17, 15) is 9.59 Å². The first-order chi connectivity index (χ1) is 11.5. The minimum atomic E-state index is -0.199. The number of hydrogen-bond donors (Lipinski definition) is 2. The zero-order valence-corrected chi connectivity index (χ0v) is 14.6. The van der Waals surface area contributed by atoms with E-state index in [-0.39, 0.29) is 23.8 Å². The van der Waals surface area contributed by atoms with E-state index in [1.54, 1.807) is 12.1 Å². The van der Waals surface area contributed by atoms with E-state index in [4.69, 9.17) is 11.6 Å². The molecule has 7 heteroatoms. The highest BCUT2D eigenvalue weighted by Gasteiger charge is 2.33. The van der Waals surface area contributed by atoms with Gasteiger partial charge in [-0.3, -0.25) is 14.5 Å². The number of hydrogen-bond acceptors (Lipinski definition) is 4. The Hall–Kier alpha value is -1.66. The van der Waals surface area contributed by atoms with Crippen LogP contribution in [0.25, 0.3) is 0 Å². The van der Waals surface area contributed by atoms with Crippen LogP contribution in [0.15, 0.2) is 18.3 Å². The zero-order chi connectivity index (χ0) is 17.1.